The van der Waals surface area contributed by atoms with Crippen molar-refractivity contribution >= 4 is 51.7 Å². The van der Waals surface area contributed by atoms with Crippen LogP contribution in [0.4, 0.5) is 5.82 Å². The lowest BCUT2D eigenvalue weighted by Crippen LogP contribution is -2.33. The molecule has 2 aliphatic heterocycles. The molecule has 4 rings (SSSR count). The third-order valence-corrected chi connectivity index (χ3v) is 6.69. The molecule has 0 aliphatic carbocycles. The van der Waals surface area contributed by atoms with Crippen molar-refractivity contribution in [2.24, 2.45) is 0 Å². The molecule has 0 aromatic carbocycles. The van der Waals surface area contributed by atoms with Gasteiger partial charge in [0.15, 0.2) is 0 Å². The molecular formula is C21H24N4O2S2. The normalized spacial score (nSPS) is 19.0. The summed E-state index contributed by atoms with van der Waals surface area (Å²) in [5.41, 5.74) is 1.92. The fourth-order valence-corrected chi connectivity index (χ4v) is 5.11. The third kappa shape index (κ3) is 3.71. The van der Waals surface area contributed by atoms with Gasteiger partial charge < -0.3 is 4.90 Å². The average molecular weight is 429 g/mol. The Balaban J connectivity index is 1.88. The third-order valence-electron chi connectivity index (χ3n) is 5.32. The number of hydrogen-bond acceptors (Lipinski definition) is 6. The maximum Gasteiger partial charge on any atom is 0.267 e. The lowest BCUT2D eigenvalue weighted by Gasteiger charge is -2.29. The van der Waals surface area contributed by atoms with Crippen LogP contribution in [0.25, 0.3) is 11.7 Å². The highest BCUT2D eigenvalue weighted by Gasteiger charge is 2.32. The maximum absolute atomic E-state index is 13.4. The van der Waals surface area contributed by atoms with Crippen molar-refractivity contribution in [3.05, 3.63) is 44.7 Å². The number of rotatable bonds is 4. The van der Waals surface area contributed by atoms with Crippen LogP contribution in [0.2, 0.25) is 0 Å². The van der Waals surface area contributed by atoms with Crippen LogP contribution in [0.15, 0.2) is 28.0 Å². The second-order valence-corrected chi connectivity index (χ2v) is 9.10. The van der Waals surface area contributed by atoms with E-state index in [1.165, 1.54) is 18.2 Å². The lowest BCUT2D eigenvalue weighted by molar-refractivity contribution is -0.122. The first kappa shape index (κ1) is 20.1. The Labute approximate surface area is 179 Å². The number of piperidine rings is 1. The van der Waals surface area contributed by atoms with Gasteiger partial charge in [-0.3, -0.25) is 18.9 Å². The zero-order valence-corrected chi connectivity index (χ0v) is 18.3. The van der Waals surface area contributed by atoms with Crippen molar-refractivity contribution in [3.63, 3.8) is 0 Å². The van der Waals surface area contributed by atoms with Crippen molar-refractivity contribution in [2.75, 3.05) is 24.5 Å². The fourth-order valence-electron chi connectivity index (χ4n) is 3.82. The van der Waals surface area contributed by atoms with Crippen LogP contribution in [-0.2, 0) is 4.79 Å². The molecule has 2 aromatic rings. The molecule has 0 atom stereocenters. The number of thiocarbonyl (C=S) groups is 1. The molecule has 4 heterocycles. The Kier molecular flexibility index (Phi) is 5.74. The first-order chi connectivity index (χ1) is 14.0. The van der Waals surface area contributed by atoms with Crippen LogP contribution >= 0.6 is 24.0 Å². The molecule has 1 amide bonds. The van der Waals surface area contributed by atoms with Gasteiger partial charge in [0.2, 0.25) is 0 Å². The molecule has 0 N–H and O–H groups in total. The van der Waals surface area contributed by atoms with Gasteiger partial charge >= 0.3 is 0 Å². The van der Waals surface area contributed by atoms with E-state index < -0.39 is 0 Å². The monoisotopic (exact) mass is 428 g/mol. The number of carbonyl (C=O) groups is 1. The Morgan fingerprint density at radius 2 is 2.00 bits per heavy atom. The minimum absolute atomic E-state index is 0.125. The first-order valence-electron chi connectivity index (χ1n) is 10.0. The summed E-state index contributed by atoms with van der Waals surface area (Å²) in [6.07, 6.45) is 7.60. The molecular weight excluding hydrogens is 404 g/mol. The van der Waals surface area contributed by atoms with E-state index in [2.05, 4.69) is 4.90 Å². The standard InChI is InChI=1S/C21H24N4O2S2/c1-3-9-25-20(27)16(29-21(25)28)13-15-18(23-10-5-4-6-11-23)22-17-14(2)8-7-12-24(17)19(15)26/h7-8,12-13H,3-6,9-11H2,1-2H3/b16-13+. The lowest BCUT2D eigenvalue weighted by atomic mass is 10.1. The summed E-state index contributed by atoms with van der Waals surface area (Å²) in [5.74, 6) is 0.546. The smallest absolute Gasteiger partial charge is 0.267 e. The van der Waals surface area contributed by atoms with E-state index in [0.29, 0.717) is 32.8 Å². The van der Waals surface area contributed by atoms with Crippen LogP contribution in [0.3, 0.4) is 0 Å². The van der Waals surface area contributed by atoms with Crippen molar-refractivity contribution in [1.82, 2.24) is 14.3 Å². The number of thioether (sulfide) groups is 1. The molecule has 152 valence electrons. The highest BCUT2D eigenvalue weighted by Crippen LogP contribution is 2.34. The summed E-state index contributed by atoms with van der Waals surface area (Å²) in [6.45, 7) is 6.30. The molecule has 2 saturated heterocycles. The minimum Gasteiger partial charge on any atom is -0.356 e. The second-order valence-electron chi connectivity index (χ2n) is 7.42. The Morgan fingerprint density at radius 3 is 2.72 bits per heavy atom. The van der Waals surface area contributed by atoms with E-state index in [0.717, 1.165) is 37.9 Å². The van der Waals surface area contributed by atoms with Crippen LogP contribution in [0, 0.1) is 6.92 Å². The van der Waals surface area contributed by atoms with Gasteiger partial charge in [-0.15, -0.1) is 0 Å². The molecule has 6 nitrogen and oxygen atoms in total. The summed E-state index contributed by atoms with van der Waals surface area (Å²) in [5, 5.41) is 0. The number of aryl methyl sites for hydroxylation is 1. The first-order valence-corrected chi connectivity index (χ1v) is 11.3. The van der Waals surface area contributed by atoms with Crippen LogP contribution in [0.1, 0.15) is 43.7 Å². The van der Waals surface area contributed by atoms with Crippen LogP contribution in [-0.4, -0.2) is 44.1 Å². The van der Waals surface area contributed by atoms with Crippen LogP contribution in [0.5, 0.6) is 0 Å². The quantitative estimate of drug-likeness (QED) is 0.548. The Bertz CT molecular complexity index is 1070. The average Bonchev–Trinajstić information content (AvgIpc) is 2.99. The van der Waals surface area contributed by atoms with E-state index in [4.69, 9.17) is 17.2 Å². The number of carbonyl (C=O) groups excluding carboxylic acids is 1. The second kappa shape index (κ2) is 8.28. The summed E-state index contributed by atoms with van der Waals surface area (Å²) >= 11 is 6.64. The van der Waals surface area contributed by atoms with Gasteiger partial charge in [-0.25, -0.2) is 4.98 Å². The van der Waals surface area contributed by atoms with Crippen molar-refractivity contribution < 1.29 is 4.79 Å². The van der Waals surface area contributed by atoms with Crippen molar-refractivity contribution in [3.8, 4) is 0 Å². The van der Waals surface area contributed by atoms with Gasteiger partial charge in [0.25, 0.3) is 11.5 Å². The predicted molar refractivity (Wildman–Crippen MR) is 122 cm³/mol. The number of aromatic nitrogens is 2. The molecule has 2 aliphatic rings. The van der Waals surface area contributed by atoms with Crippen molar-refractivity contribution in [1.29, 1.82) is 0 Å². The summed E-state index contributed by atoms with van der Waals surface area (Å²) in [4.78, 5) is 35.4. The van der Waals surface area contributed by atoms with Gasteiger partial charge in [-0.05, 0) is 50.3 Å². The molecule has 2 aromatic heterocycles. The van der Waals surface area contributed by atoms with Gasteiger partial charge in [0, 0.05) is 25.8 Å². The SMILES string of the molecule is CCCN1C(=O)/C(=C\c2c(N3CCCCC3)nc3c(C)cccn3c2=O)SC1=S. The molecule has 0 saturated carbocycles. The molecule has 0 spiro atoms. The summed E-state index contributed by atoms with van der Waals surface area (Å²) < 4.78 is 2.12. The maximum atomic E-state index is 13.4. The highest BCUT2D eigenvalue weighted by molar-refractivity contribution is 8.26. The number of hydrogen-bond donors (Lipinski definition) is 0. The Morgan fingerprint density at radius 1 is 1.24 bits per heavy atom. The highest BCUT2D eigenvalue weighted by atomic mass is 32.2. The largest absolute Gasteiger partial charge is 0.356 e. The van der Waals surface area contributed by atoms with Gasteiger partial charge in [-0.1, -0.05) is 37.0 Å². The minimum atomic E-state index is -0.153. The van der Waals surface area contributed by atoms with E-state index in [-0.39, 0.29) is 11.5 Å². The van der Waals surface area contributed by atoms with Gasteiger partial charge in [0.05, 0.1) is 10.5 Å². The molecule has 0 unspecified atom stereocenters. The predicted octanol–water partition coefficient (Wildman–Crippen LogP) is 3.60. The molecule has 0 radical (unpaired) electrons. The molecule has 0 bridgehead atoms. The number of amides is 1. The van der Waals surface area contributed by atoms with Crippen molar-refractivity contribution in [2.45, 2.75) is 39.5 Å². The number of anilines is 1. The number of nitrogens with zero attached hydrogens (tertiary/aromatic N) is 4. The van der Waals surface area contributed by atoms with Gasteiger partial charge in [0.1, 0.15) is 15.8 Å². The zero-order valence-electron chi connectivity index (χ0n) is 16.7. The summed E-state index contributed by atoms with van der Waals surface area (Å²) in [6, 6.07) is 3.80. The van der Waals surface area contributed by atoms with Gasteiger partial charge in [-0.2, -0.15) is 0 Å². The van der Waals surface area contributed by atoms with Crippen LogP contribution < -0.4 is 10.5 Å². The zero-order chi connectivity index (χ0) is 20.5. The Hall–Kier alpha value is -2.19. The van der Waals surface area contributed by atoms with E-state index >= 15 is 0 Å². The number of pyridine rings is 1. The fraction of sp³-hybridized carbons (Fsp3) is 0.429. The summed E-state index contributed by atoms with van der Waals surface area (Å²) in [7, 11) is 0. The molecule has 29 heavy (non-hydrogen) atoms. The van der Waals surface area contributed by atoms with E-state index in [1.807, 2.05) is 26.0 Å². The molecule has 8 heteroatoms. The van der Waals surface area contributed by atoms with E-state index in [1.54, 1.807) is 21.6 Å². The number of fused-ring (bicyclic) bond motifs is 1. The molecule has 2 fully saturated rings. The topological polar surface area (TPSA) is 57.9 Å². The van der Waals surface area contributed by atoms with E-state index in [9.17, 15) is 9.59 Å².